The summed E-state index contributed by atoms with van der Waals surface area (Å²) < 4.78 is 5.07. The minimum Gasteiger partial charge on any atom is -0.380 e. The van der Waals surface area contributed by atoms with E-state index in [9.17, 15) is 4.79 Å². The highest BCUT2D eigenvalue weighted by molar-refractivity contribution is 5.87. The number of rotatable bonds is 6. The number of carbonyl (C=O) groups is 1. The molecule has 2 aromatic rings. The first kappa shape index (κ1) is 19.2. The Morgan fingerprint density at radius 1 is 1.09 bits per heavy atom. The van der Waals surface area contributed by atoms with E-state index < -0.39 is 5.54 Å². The normalized spacial score (nSPS) is 12.8. The maximum absolute atomic E-state index is 12.4. The van der Waals surface area contributed by atoms with Gasteiger partial charge in [-0.25, -0.2) is 0 Å². The van der Waals surface area contributed by atoms with Gasteiger partial charge in [-0.2, -0.15) is 0 Å². The smallest absolute Gasteiger partial charge is 0.244 e. The van der Waals surface area contributed by atoms with Crippen LogP contribution in [0.1, 0.15) is 23.6 Å². The van der Waals surface area contributed by atoms with E-state index in [1.807, 2.05) is 54.6 Å². The van der Waals surface area contributed by atoms with Crippen LogP contribution in [0.15, 0.2) is 54.6 Å². The van der Waals surface area contributed by atoms with Gasteiger partial charge >= 0.3 is 0 Å². The summed E-state index contributed by atoms with van der Waals surface area (Å²) in [7, 11) is 1.67. The van der Waals surface area contributed by atoms with E-state index in [-0.39, 0.29) is 18.3 Å². The average Bonchev–Trinajstić information content (AvgIpc) is 2.55. The number of benzene rings is 2. The summed E-state index contributed by atoms with van der Waals surface area (Å²) in [6.07, 6.45) is 0. The molecule has 3 N–H and O–H groups in total. The van der Waals surface area contributed by atoms with Gasteiger partial charge in [-0.05, 0) is 23.6 Å². The molecule has 0 heterocycles. The van der Waals surface area contributed by atoms with Crippen LogP contribution in [0.4, 0.5) is 0 Å². The number of hydrogen-bond donors (Lipinski definition) is 2. The van der Waals surface area contributed by atoms with Crippen molar-refractivity contribution in [3.05, 3.63) is 71.3 Å². The van der Waals surface area contributed by atoms with Crippen LogP contribution in [-0.4, -0.2) is 13.0 Å². The molecule has 0 saturated carbocycles. The van der Waals surface area contributed by atoms with Crippen LogP contribution in [0.5, 0.6) is 0 Å². The molecule has 124 valence electrons. The van der Waals surface area contributed by atoms with E-state index in [1.54, 1.807) is 14.0 Å². The molecule has 0 aliphatic rings. The van der Waals surface area contributed by atoms with Crippen molar-refractivity contribution in [1.29, 1.82) is 0 Å². The fourth-order valence-electron chi connectivity index (χ4n) is 2.20. The number of amides is 1. The average molecular weight is 335 g/mol. The molecule has 0 bridgehead atoms. The Morgan fingerprint density at radius 2 is 1.65 bits per heavy atom. The van der Waals surface area contributed by atoms with Crippen molar-refractivity contribution in [3.8, 4) is 0 Å². The Morgan fingerprint density at radius 3 is 2.22 bits per heavy atom. The molecular weight excluding hydrogens is 312 g/mol. The van der Waals surface area contributed by atoms with Crippen LogP contribution in [0.3, 0.4) is 0 Å². The summed E-state index contributed by atoms with van der Waals surface area (Å²) in [4.78, 5) is 12.4. The van der Waals surface area contributed by atoms with Crippen LogP contribution in [0.25, 0.3) is 0 Å². The molecule has 4 nitrogen and oxygen atoms in total. The largest absolute Gasteiger partial charge is 0.380 e. The van der Waals surface area contributed by atoms with E-state index >= 15 is 0 Å². The van der Waals surface area contributed by atoms with E-state index in [4.69, 9.17) is 10.5 Å². The first-order valence-corrected chi connectivity index (χ1v) is 7.23. The van der Waals surface area contributed by atoms with Gasteiger partial charge in [-0.1, -0.05) is 54.6 Å². The zero-order valence-corrected chi connectivity index (χ0v) is 14.2. The highest BCUT2D eigenvalue weighted by Gasteiger charge is 2.29. The Balaban J connectivity index is 0.00000264. The molecule has 0 aromatic heterocycles. The van der Waals surface area contributed by atoms with Crippen LogP contribution >= 0.6 is 12.4 Å². The third kappa shape index (κ3) is 5.06. The molecule has 0 fully saturated rings. The van der Waals surface area contributed by atoms with Crippen molar-refractivity contribution < 1.29 is 9.53 Å². The zero-order valence-electron chi connectivity index (χ0n) is 13.4. The molecule has 23 heavy (non-hydrogen) atoms. The third-order valence-electron chi connectivity index (χ3n) is 3.63. The van der Waals surface area contributed by atoms with Gasteiger partial charge in [0.2, 0.25) is 5.91 Å². The van der Waals surface area contributed by atoms with Crippen LogP contribution < -0.4 is 11.1 Å². The number of methoxy groups -OCH3 is 1. The second kappa shape index (κ2) is 8.67. The zero-order chi connectivity index (χ0) is 16.0. The number of nitrogens with one attached hydrogen (secondary N) is 1. The van der Waals surface area contributed by atoms with Crippen molar-refractivity contribution in [2.24, 2.45) is 5.73 Å². The molecule has 0 aliphatic carbocycles. The van der Waals surface area contributed by atoms with Gasteiger partial charge in [-0.15, -0.1) is 12.4 Å². The first-order valence-electron chi connectivity index (χ1n) is 7.23. The molecule has 0 spiro atoms. The van der Waals surface area contributed by atoms with Gasteiger partial charge in [0.1, 0.15) is 5.54 Å². The maximum Gasteiger partial charge on any atom is 0.244 e. The first-order chi connectivity index (χ1) is 10.5. The van der Waals surface area contributed by atoms with E-state index in [0.29, 0.717) is 13.2 Å². The van der Waals surface area contributed by atoms with E-state index in [2.05, 4.69) is 5.32 Å². The lowest BCUT2D eigenvalue weighted by atomic mass is 9.92. The van der Waals surface area contributed by atoms with Gasteiger partial charge in [0, 0.05) is 13.7 Å². The minimum atomic E-state index is -1.04. The molecule has 1 amide bonds. The van der Waals surface area contributed by atoms with E-state index in [1.165, 1.54) is 0 Å². The van der Waals surface area contributed by atoms with Crippen molar-refractivity contribution in [3.63, 3.8) is 0 Å². The molecule has 1 atom stereocenters. The predicted molar refractivity (Wildman–Crippen MR) is 94.2 cm³/mol. The highest BCUT2D eigenvalue weighted by atomic mass is 35.5. The second-order valence-electron chi connectivity index (χ2n) is 5.50. The maximum atomic E-state index is 12.4. The highest BCUT2D eigenvalue weighted by Crippen LogP contribution is 2.17. The summed E-state index contributed by atoms with van der Waals surface area (Å²) in [5.41, 5.74) is 8.06. The lowest BCUT2D eigenvalue weighted by Gasteiger charge is -2.24. The summed E-state index contributed by atoms with van der Waals surface area (Å²) in [5.74, 6) is -0.195. The molecule has 2 rings (SSSR count). The number of ether oxygens (including phenoxy) is 1. The van der Waals surface area contributed by atoms with Crippen LogP contribution in [0, 0.1) is 0 Å². The summed E-state index contributed by atoms with van der Waals surface area (Å²) >= 11 is 0. The summed E-state index contributed by atoms with van der Waals surface area (Å²) in [6, 6.07) is 17.3. The Labute approximate surface area is 143 Å². The monoisotopic (exact) mass is 334 g/mol. The van der Waals surface area contributed by atoms with Gasteiger partial charge < -0.3 is 15.8 Å². The SMILES string of the molecule is COCc1ccc(CNC(=O)C(C)(N)c2ccccc2)cc1.Cl. The number of carbonyl (C=O) groups excluding carboxylic acids is 1. The predicted octanol–water partition coefficient (Wildman–Crippen LogP) is 2.75. The van der Waals surface area contributed by atoms with Crippen molar-refractivity contribution in [2.45, 2.75) is 25.6 Å². The number of hydrogen-bond acceptors (Lipinski definition) is 3. The van der Waals surface area contributed by atoms with Gasteiger partial charge in [-0.3, -0.25) is 4.79 Å². The quantitative estimate of drug-likeness (QED) is 0.853. The second-order valence-corrected chi connectivity index (χ2v) is 5.50. The molecule has 0 aliphatic heterocycles. The fourth-order valence-corrected chi connectivity index (χ4v) is 2.20. The molecule has 5 heteroatoms. The van der Waals surface area contributed by atoms with Crippen molar-refractivity contribution in [2.75, 3.05) is 7.11 Å². The molecule has 2 aromatic carbocycles. The van der Waals surface area contributed by atoms with E-state index in [0.717, 1.165) is 16.7 Å². The minimum absolute atomic E-state index is 0. The summed E-state index contributed by atoms with van der Waals surface area (Å²) in [6.45, 7) is 2.76. The van der Waals surface area contributed by atoms with Gasteiger partial charge in [0.05, 0.1) is 6.61 Å². The fraction of sp³-hybridized carbons (Fsp3) is 0.278. The lowest BCUT2D eigenvalue weighted by molar-refractivity contribution is -0.126. The molecular formula is C18H23ClN2O2. The standard InChI is InChI=1S/C18H22N2O2.ClH/c1-18(19,16-6-4-3-5-7-16)17(21)20-12-14-8-10-15(11-9-14)13-22-2;/h3-11H,12-13,19H2,1-2H3,(H,20,21);1H. The Kier molecular flexibility index (Phi) is 7.23. The molecule has 0 saturated heterocycles. The van der Waals surface area contributed by atoms with Crippen LogP contribution in [-0.2, 0) is 28.2 Å². The molecule has 0 radical (unpaired) electrons. The lowest BCUT2D eigenvalue weighted by Crippen LogP contribution is -2.48. The Bertz CT molecular complexity index is 613. The molecule has 1 unspecified atom stereocenters. The van der Waals surface area contributed by atoms with Crippen molar-refractivity contribution in [1.82, 2.24) is 5.32 Å². The summed E-state index contributed by atoms with van der Waals surface area (Å²) in [5, 5.41) is 2.89. The van der Waals surface area contributed by atoms with Gasteiger partial charge in [0.25, 0.3) is 0 Å². The van der Waals surface area contributed by atoms with Gasteiger partial charge in [0.15, 0.2) is 0 Å². The Hall–Kier alpha value is -1.88. The van der Waals surface area contributed by atoms with Crippen LogP contribution in [0.2, 0.25) is 0 Å². The number of nitrogens with two attached hydrogens (primary N) is 1. The third-order valence-corrected chi connectivity index (χ3v) is 3.63. The number of halogens is 1. The van der Waals surface area contributed by atoms with Crippen molar-refractivity contribution >= 4 is 18.3 Å². The topological polar surface area (TPSA) is 64.3 Å².